The van der Waals surface area contributed by atoms with Gasteiger partial charge in [0.1, 0.15) is 11.6 Å². The first-order chi connectivity index (χ1) is 15.5. The largest absolute Gasteiger partial charge is 0.465 e. The summed E-state index contributed by atoms with van der Waals surface area (Å²) in [7, 11) is 1.46. The van der Waals surface area contributed by atoms with Crippen LogP contribution < -0.4 is 4.90 Å². The molecule has 1 aliphatic heterocycles. The van der Waals surface area contributed by atoms with Crippen molar-refractivity contribution in [1.29, 1.82) is 0 Å². The van der Waals surface area contributed by atoms with Gasteiger partial charge in [-0.3, -0.25) is 0 Å². The van der Waals surface area contributed by atoms with Crippen molar-refractivity contribution in [2.45, 2.75) is 83.5 Å². The lowest BCUT2D eigenvalue weighted by molar-refractivity contribution is -0.178. The Morgan fingerprint density at radius 1 is 1.16 bits per heavy atom. The van der Waals surface area contributed by atoms with Gasteiger partial charge in [-0.2, -0.15) is 0 Å². The number of carbonyl (C=O) groups excluding carboxylic acids is 1. The van der Waals surface area contributed by atoms with E-state index in [2.05, 4.69) is 24.8 Å². The van der Waals surface area contributed by atoms with E-state index in [4.69, 9.17) is 18.9 Å². The monoisotopic (exact) mass is 465 g/mol. The van der Waals surface area contributed by atoms with E-state index in [-0.39, 0.29) is 5.97 Å². The smallest absolute Gasteiger partial charge is 0.350 e. The van der Waals surface area contributed by atoms with Crippen molar-refractivity contribution in [3.63, 3.8) is 0 Å². The van der Waals surface area contributed by atoms with Crippen molar-refractivity contribution in [2.24, 2.45) is 11.8 Å². The van der Waals surface area contributed by atoms with Gasteiger partial charge in [0, 0.05) is 23.8 Å². The van der Waals surface area contributed by atoms with Crippen molar-refractivity contribution in [3.8, 4) is 0 Å². The summed E-state index contributed by atoms with van der Waals surface area (Å²) in [6.45, 7) is 7.16. The fraction of sp³-hybridized carbons (Fsp3) is 0.800. The van der Waals surface area contributed by atoms with E-state index in [1.165, 1.54) is 37.7 Å². The fourth-order valence-corrected chi connectivity index (χ4v) is 6.41. The number of methoxy groups -OCH3 is 1. The molecule has 7 heteroatoms. The SMILES string of the molecule is CCc1cc(N(COCC2CCC(C)CC2)C2CCC3(CC2)OCCO3)c(C(=O)OC)s1. The summed E-state index contributed by atoms with van der Waals surface area (Å²) >= 11 is 1.54. The molecule has 0 aromatic carbocycles. The minimum atomic E-state index is -0.393. The summed E-state index contributed by atoms with van der Waals surface area (Å²) in [4.78, 5) is 16.8. The molecule has 1 aromatic heterocycles. The molecular weight excluding hydrogens is 426 g/mol. The van der Waals surface area contributed by atoms with Gasteiger partial charge in [-0.05, 0) is 50.0 Å². The standard InChI is InChI=1S/C25H39NO5S/c1-4-21-15-22(23(32-21)24(27)28-3)26(17-29-16-19-7-5-18(2)6-8-19)20-9-11-25(12-10-20)30-13-14-31-25/h15,18-20H,4-14,16-17H2,1-3H3. The molecule has 1 aromatic rings. The summed E-state index contributed by atoms with van der Waals surface area (Å²) in [5, 5.41) is 0. The van der Waals surface area contributed by atoms with Gasteiger partial charge in [-0.15, -0.1) is 11.3 Å². The summed E-state index contributed by atoms with van der Waals surface area (Å²) in [6.07, 6.45) is 9.71. The van der Waals surface area contributed by atoms with Gasteiger partial charge in [0.05, 0.1) is 32.6 Å². The Bertz CT molecular complexity index is 742. The maximum atomic E-state index is 12.6. The van der Waals surface area contributed by atoms with Gasteiger partial charge in [-0.25, -0.2) is 4.79 Å². The maximum Gasteiger partial charge on any atom is 0.350 e. The molecule has 2 heterocycles. The summed E-state index contributed by atoms with van der Waals surface area (Å²) < 4.78 is 23.3. The third kappa shape index (κ3) is 5.49. The zero-order valence-electron chi connectivity index (χ0n) is 19.9. The van der Waals surface area contributed by atoms with Crippen LogP contribution in [0, 0.1) is 11.8 Å². The maximum absolute atomic E-state index is 12.6. The minimum Gasteiger partial charge on any atom is -0.465 e. The van der Waals surface area contributed by atoms with Crippen LogP contribution in [0.5, 0.6) is 0 Å². The van der Waals surface area contributed by atoms with Crippen LogP contribution in [-0.4, -0.2) is 51.5 Å². The molecule has 0 atom stereocenters. The zero-order valence-corrected chi connectivity index (χ0v) is 20.7. The topological polar surface area (TPSA) is 57.2 Å². The average molecular weight is 466 g/mol. The molecule has 3 fully saturated rings. The third-order valence-electron chi connectivity index (χ3n) is 7.48. The van der Waals surface area contributed by atoms with Gasteiger partial charge < -0.3 is 23.8 Å². The van der Waals surface area contributed by atoms with E-state index in [0.717, 1.165) is 50.3 Å². The summed E-state index contributed by atoms with van der Waals surface area (Å²) in [5.41, 5.74) is 0.963. The Labute approximate surface area is 196 Å². The van der Waals surface area contributed by atoms with E-state index < -0.39 is 5.79 Å². The fourth-order valence-electron chi connectivity index (χ4n) is 5.38. The van der Waals surface area contributed by atoms with Crippen molar-refractivity contribution < 1.29 is 23.7 Å². The predicted octanol–water partition coefficient (Wildman–Crippen LogP) is 5.39. The Morgan fingerprint density at radius 2 is 1.84 bits per heavy atom. The van der Waals surface area contributed by atoms with Crippen LogP contribution in [0.15, 0.2) is 6.07 Å². The number of aryl methyl sites for hydroxylation is 1. The zero-order chi connectivity index (χ0) is 22.6. The molecule has 2 saturated carbocycles. The third-order valence-corrected chi connectivity index (χ3v) is 8.73. The molecule has 0 amide bonds. The molecular formula is C25H39NO5S. The Morgan fingerprint density at radius 3 is 2.47 bits per heavy atom. The van der Waals surface area contributed by atoms with Crippen LogP contribution in [0.4, 0.5) is 5.69 Å². The van der Waals surface area contributed by atoms with Crippen LogP contribution in [0.2, 0.25) is 0 Å². The quantitative estimate of drug-likeness (QED) is 0.379. The van der Waals surface area contributed by atoms with Crippen LogP contribution in [0.25, 0.3) is 0 Å². The molecule has 0 N–H and O–H groups in total. The molecule has 1 spiro atoms. The van der Waals surface area contributed by atoms with Gasteiger partial charge in [0.25, 0.3) is 0 Å². The number of hydrogen-bond donors (Lipinski definition) is 0. The molecule has 0 bridgehead atoms. The average Bonchev–Trinajstić information content (AvgIpc) is 3.46. The second-order valence-electron chi connectivity index (χ2n) is 9.71. The number of rotatable bonds is 8. The van der Waals surface area contributed by atoms with Crippen LogP contribution in [0.1, 0.15) is 79.8 Å². The first-order valence-corrected chi connectivity index (χ1v) is 13.2. The minimum absolute atomic E-state index is 0.259. The first-order valence-electron chi connectivity index (χ1n) is 12.4. The molecule has 1 saturated heterocycles. The summed E-state index contributed by atoms with van der Waals surface area (Å²) in [5.74, 6) is 0.844. The van der Waals surface area contributed by atoms with Gasteiger partial charge in [0.2, 0.25) is 0 Å². The Kier molecular flexibility index (Phi) is 8.13. The molecule has 180 valence electrons. The number of ether oxygens (including phenoxy) is 4. The molecule has 32 heavy (non-hydrogen) atoms. The first kappa shape index (κ1) is 24.0. The number of hydrogen-bond acceptors (Lipinski definition) is 7. The lowest BCUT2D eigenvalue weighted by Gasteiger charge is -2.41. The molecule has 3 aliphatic rings. The normalized spacial score (nSPS) is 25.8. The second kappa shape index (κ2) is 10.9. The highest BCUT2D eigenvalue weighted by Gasteiger charge is 2.42. The molecule has 0 unspecified atom stereocenters. The number of esters is 1. The van der Waals surface area contributed by atoms with Crippen molar-refractivity contribution in [1.82, 2.24) is 0 Å². The molecule has 0 radical (unpaired) electrons. The lowest BCUT2D eigenvalue weighted by Crippen LogP contribution is -2.45. The van der Waals surface area contributed by atoms with E-state index in [9.17, 15) is 4.79 Å². The van der Waals surface area contributed by atoms with Gasteiger partial charge in [0.15, 0.2) is 5.79 Å². The van der Waals surface area contributed by atoms with E-state index in [1.54, 1.807) is 11.3 Å². The van der Waals surface area contributed by atoms with E-state index >= 15 is 0 Å². The number of anilines is 1. The highest BCUT2D eigenvalue weighted by molar-refractivity contribution is 7.14. The molecule has 4 rings (SSSR count). The number of thiophene rings is 1. The molecule has 2 aliphatic carbocycles. The van der Waals surface area contributed by atoms with Crippen molar-refractivity contribution in [3.05, 3.63) is 15.8 Å². The van der Waals surface area contributed by atoms with Crippen LogP contribution >= 0.6 is 11.3 Å². The molecule has 6 nitrogen and oxygen atoms in total. The van der Waals surface area contributed by atoms with Crippen LogP contribution in [0.3, 0.4) is 0 Å². The second-order valence-corrected chi connectivity index (χ2v) is 10.8. The number of carbonyl (C=O) groups is 1. The highest BCUT2D eigenvalue weighted by atomic mass is 32.1. The van der Waals surface area contributed by atoms with E-state index in [1.807, 2.05) is 0 Å². The van der Waals surface area contributed by atoms with Crippen LogP contribution in [-0.2, 0) is 25.4 Å². The van der Waals surface area contributed by atoms with Gasteiger partial charge in [-0.1, -0.05) is 26.7 Å². The van der Waals surface area contributed by atoms with Crippen molar-refractivity contribution in [2.75, 3.05) is 38.6 Å². The number of nitrogens with zero attached hydrogens (tertiary/aromatic N) is 1. The Hall–Kier alpha value is -1.15. The lowest BCUT2D eigenvalue weighted by atomic mass is 9.83. The van der Waals surface area contributed by atoms with Crippen molar-refractivity contribution >= 4 is 23.0 Å². The van der Waals surface area contributed by atoms with E-state index in [0.29, 0.717) is 36.8 Å². The Balaban J connectivity index is 1.48. The predicted molar refractivity (Wildman–Crippen MR) is 126 cm³/mol. The van der Waals surface area contributed by atoms with Gasteiger partial charge >= 0.3 is 5.97 Å². The summed E-state index contributed by atoms with van der Waals surface area (Å²) in [6, 6.07) is 2.46. The highest BCUT2D eigenvalue weighted by Crippen LogP contribution is 2.41.